The van der Waals surface area contributed by atoms with E-state index in [0.29, 0.717) is 17.4 Å². The van der Waals surface area contributed by atoms with Gasteiger partial charge in [-0.2, -0.15) is 0 Å². The minimum atomic E-state index is -4.52. The molecule has 0 aliphatic rings. The first kappa shape index (κ1) is 57.8. The van der Waals surface area contributed by atoms with Gasteiger partial charge in [-0.15, -0.1) is 0 Å². The monoisotopic (exact) mass is 856 g/mol. The second-order valence-corrected chi connectivity index (χ2v) is 19.7. The normalized spacial score (nSPS) is 13.7. The Morgan fingerprint density at radius 2 is 0.898 bits per heavy atom. The van der Waals surface area contributed by atoms with Crippen LogP contribution in [-0.2, 0) is 27.9 Å². The van der Waals surface area contributed by atoms with Crippen LogP contribution < -0.4 is 4.89 Å². The van der Waals surface area contributed by atoms with Crippen molar-refractivity contribution in [2.75, 3.05) is 47.5 Å². The molecule has 0 heterocycles. The van der Waals surface area contributed by atoms with Gasteiger partial charge in [-0.1, -0.05) is 199 Å². The molecule has 2 atom stereocenters. The van der Waals surface area contributed by atoms with Crippen LogP contribution in [0.2, 0.25) is 0 Å². The average molecular weight is 856 g/mol. The van der Waals surface area contributed by atoms with Crippen molar-refractivity contribution in [1.82, 2.24) is 0 Å². The highest BCUT2D eigenvalue weighted by molar-refractivity contribution is 7.45. The Morgan fingerprint density at radius 1 is 0.525 bits per heavy atom. The minimum absolute atomic E-state index is 0.0275. The topological polar surface area (TPSA) is 94.1 Å². The molecule has 0 bridgehead atoms. The van der Waals surface area contributed by atoms with E-state index in [4.69, 9.17) is 18.5 Å². The van der Waals surface area contributed by atoms with Gasteiger partial charge < -0.3 is 27.9 Å². The summed E-state index contributed by atoms with van der Waals surface area (Å²) in [6.45, 7) is 4.73. The first-order valence-electron chi connectivity index (χ1n) is 25.1. The summed E-state index contributed by atoms with van der Waals surface area (Å²) in [5.41, 5.74) is 0. The highest BCUT2D eigenvalue weighted by Crippen LogP contribution is 2.38. The lowest BCUT2D eigenvalue weighted by Gasteiger charge is -2.28. The number of hydrogen-bond acceptors (Lipinski definition) is 7. The Bertz CT molecular complexity index is 998. The smallest absolute Gasteiger partial charge is 0.305 e. The van der Waals surface area contributed by atoms with Crippen LogP contribution in [0.5, 0.6) is 0 Å². The number of likely N-dealkylation sites (N-methyl/N-ethyl adjacent to an activating group) is 1. The molecular formula is C50H98NO7P. The molecular weight excluding hydrogens is 758 g/mol. The summed E-state index contributed by atoms with van der Waals surface area (Å²) in [5.74, 6) is -0.290. The molecule has 350 valence electrons. The molecule has 8 nitrogen and oxygen atoms in total. The standard InChI is InChI=1S/C50H98NO7P/c1-6-8-10-12-14-16-18-20-22-24-25-26-27-28-29-31-33-35-37-39-41-43-50(52)56-47-49(48-58-59(53,54)57-46-44-51(3,4)5)55-45-42-40-38-36-34-32-30-23-21-19-17-15-13-11-9-7-2/h21,23,42,45,49H,6-20,22,24-41,43-44,46-48H2,1-5H3/b23-21-,45-42-. The number of nitrogens with zero attached hydrogens (tertiary/aromatic N) is 1. The fourth-order valence-electron chi connectivity index (χ4n) is 7.12. The number of hydrogen-bond donors (Lipinski definition) is 0. The fraction of sp³-hybridized carbons (Fsp3) is 0.900. The van der Waals surface area contributed by atoms with Crippen molar-refractivity contribution in [3.05, 3.63) is 24.5 Å². The van der Waals surface area contributed by atoms with Crippen LogP contribution in [0.15, 0.2) is 24.5 Å². The molecule has 59 heavy (non-hydrogen) atoms. The maximum absolute atomic E-state index is 12.5. The third kappa shape index (κ3) is 47.7. The third-order valence-electron chi connectivity index (χ3n) is 11.1. The summed E-state index contributed by atoms with van der Waals surface area (Å²) in [4.78, 5) is 24.9. The number of phosphoric ester groups is 1. The molecule has 2 unspecified atom stereocenters. The van der Waals surface area contributed by atoms with Crippen molar-refractivity contribution in [2.45, 2.75) is 245 Å². The summed E-state index contributed by atoms with van der Waals surface area (Å²) in [6.07, 6.45) is 51.6. The van der Waals surface area contributed by atoms with Crippen LogP contribution in [0.3, 0.4) is 0 Å². The molecule has 0 amide bonds. The van der Waals surface area contributed by atoms with Gasteiger partial charge in [0.15, 0.2) is 6.10 Å². The number of ether oxygens (including phenoxy) is 2. The van der Waals surface area contributed by atoms with Crippen LogP contribution in [-0.4, -0.2) is 64.1 Å². The van der Waals surface area contributed by atoms with Crippen molar-refractivity contribution in [1.29, 1.82) is 0 Å². The van der Waals surface area contributed by atoms with E-state index in [0.717, 1.165) is 44.9 Å². The molecule has 0 aromatic heterocycles. The molecule has 0 spiro atoms. The van der Waals surface area contributed by atoms with E-state index in [1.54, 1.807) is 6.26 Å². The van der Waals surface area contributed by atoms with Crippen molar-refractivity contribution in [3.63, 3.8) is 0 Å². The van der Waals surface area contributed by atoms with Crippen molar-refractivity contribution >= 4 is 13.8 Å². The van der Waals surface area contributed by atoms with Gasteiger partial charge in [0.2, 0.25) is 0 Å². The maximum atomic E-state index is 12.5. The van der Waals surface area contributed by atoms with Crippen LogP contribution in [0.4, 0.5) is 0 Å². The zero-order chi connectivity index (χ0) is 43.4. The molecule has 0 fully saturated rings. The van der Waals surface area contributed by atoms with E-state index in [2.05, 4.69) is 26.0 Å². The molecule has 0 rings (SSSR count). The molecule has 0 radical (unpaired) electrons. The van der Waals surface area contributed by atoms with Crippen LogP contribution in [0, 0.1) is 0 Å². The van der Waals surface area contributed by atoms with Gasteiger partial charge in [-0.25, -0.2) is 0 Å². The summed E-state index contributed by atoms with van der Waals surface area (Å²) < 4.78 is 34.5. The predicted molar refractivity (Wildman–Crippen MR) is 249 cm³/mol. The minimum Gasteiger partial charge on any atom is -0.756 e. The number of carbonyl (C=O) groups excluding carboxylic acids is 1. The summed E-state index contributed by atoms with van der Waals surface area (Å²) >= 11 is 0. The van der Waals surface area contributed by atoms with Crippen LogP contribution in [0.25, 0.3) is 0 Å². The number of allylic oxidation sites excluding steroid dienone is 3. The molecule has 0 saturated heterocycles. The van der Waals surface area contributed by atoms with E-state index < -0.39 is 13.9 Å². The van der Waals surface area contributed by atoms with Gasteiger partial charge >= 0.3 is 5.97 Å². The Morgan fingerprint density at radius 3 is 1.31 bits per heavy atom. The molecule has 0 aliphatic carbocycles. The maximum Gasteiger partial charge on any atom is 0.305 e. The number of phosphoric acid groups is 1. The van der Waals surface area contributed by atoms with Gasteiger partial charge in [0, 0.05) is 6.42 Å². The number of esters is 1. The van der Waals surface area contributed by atoms with Gasteiger partial charge in [0.25, 0.3) is 7.82 Å². The van der Waals surface area contributed by atoms with Gasteiger partial charge in [-0.3, -0.25) is 9.36 Å². The molecule has 0 N–H and O–H groups in total. The van der Waals surface area contributed by atoms with Crippen molar-refractivity contribution in [3.8, 4) is 0 Å². The summed E-state index contributed by atoms with van der Waals surface area (Å²) in [5, 5.41) is 0. The first-order valence-corrected chi connectivity index (χ1v) is 26.6. The predicted octanol–water partition coefficient (Wildman–Crippen LogP) is 14.9. The highest BCUT2D eigenvalue weighted by Gasteiger charge is 2.19. The Labute approximate surface area is 366 Å². The van der Waals surface area contributed by atoms with Gasteiger partial charge in [0.05, 0.1) is 34.0 Å². The van der Waals surface area contributed by atoms with E-state index in [-0.39, 0.29) is 25.8 Å². The second kappa shape index (κ2) is 43.5. The molecule has 0 aliphatic heterocycles. The quantitative estimate of drug-likeness (QED) is 0.0150. The molecule has 9 heteroatoms. The average Bonchev–Trinajstić information content (AvgIpc) is 3.19. The second-order valence-electron chi connectivity index (χ2n) is 18.2. The summed E-state index contributed by atoms with van der Waals surface area (Å²) in [7, 11) is 1.37. The zero-order valence-corrected chi connectivity index (χ0v) is 40.6. The largest absolute Gasteiger partial charge is 0.756 e. The zero-order valence-electron chi connectivity index (χ0n) is 39.7. The number of rotatable bonds is 47. The Balaban J connectivity index is 4.15. The molecule has 0 saturated carbocycles. The van der Waals surface area contributed by atoms with Gasteiger partial charge in [-0.05, 0) is 51.0 Å². The first-order chi connectivity index (χ1) is 28.6. The van der Waals surface area contributed by atoms with E-state index in [1.165, 1.54) is 173 Å². The van der Waals surface area contributed by atoms with E-state index in [1.807, 2.05) is 27.2 Å². The van der Waals surface area contributed by atoms with E-state index in [9.17, 15) is 14.3 Å². The molecule has 0 aromatic rings. The number of carbonyl (C=O) groups is 1. The molecule has 0 aromatic carbocycles. The lowest BCUT2D eigenvalue weighted by Crippen LogP contribution is -2.37. The number of quaternary nitrogens is 1. The van der Waals surface area contributed by atoms with Gasteiger partial charge in [0.1, 0.15) is 19.8 Å². The van der Waals surface area contributed by atoms with E-state index >= 15 is 0 Å². The highest BCUT2D eigenvalue weighted by atomic mass is 31.2. The van der Waals surface area contributed by atoms with Crippen molar-refractivity contribution in [2.24, 2.45) is 0 Å². The van der Waals surface area contributed by atoms with Crippen molar-refractivity contribution < 1.29 is 37.3 Å². The lowest BCUT2D eigenvalue weighted by molar-refractivity contribution is -0.870. The lowest BCUT2D eigenvalue weighted by atomic mass is 10.0. The Hall–Kier alpha value is -1.18. The van der Waals surface area contributed by atoms with Crippen LogP contribution >= 0.6 is 7.82 Å². The fourth-order valence-corrected chi connectivity index (χ4v) is 7.84. The Kier molecular flexibility index (Phi) is 42.6. The SMILES string of the molecule is CCCCCCCC/C=C\CCCCCC/C=C\OC(COC(=O)CCCCCCCCCCCCCCCCCCCCCCC)COP(=O)([O-])OCC[N+](C)(C)C. The van der Waals surface area contributed by atoms with Crippen LogP contribution in [0.1, 0.15) is 239 Å². The third-order valence-corrected chi connectivity index (χ3v) is 12.1. The number of unbranched alkanes of at least 4 members (excludes halogenated alkanes) is 31. The summed E-state index contributed by atoms with van der Waals surface area (Å²) in [6, 6.07) is 0.